The Kier molecular flexibility index (Phi) is 17.6. The molecule has 2 fully saturated rings. The lowest BCUT2D eigenvalue weighted by molar-refractivity contribution is -0.110. The quantitative estimate of drug-likeness (QED) is 0.0704. The largest absolute Gasteiger partial charge is 0.508 e. The topological polar surface area (TPSA) is 124 Å². The number of nitrogens with two attached hydrogens (primary N) is 1. The second-order valence-corrected chi connectivity index (χ2v) is 11.7. The Morgan fingerprint density at radius 3 is 2.35 bits per heavy atom. The molecule has 0 heterocycles. The fourth-order valence-corrected chi connectivity index (χ4v) is 4.87. The molecule has 7 nitrogen and oxygen atoms in total. The summed E-state index contributed by atoms with van der Waals surface area (Å²) in [4.78, 5) is 14.7. The summed E-state index contributed by atoms with van der Waals surface area (Å²) in [5.41, 5.74) is 5.64. The van der Waals surface area contributed by atoms with Crippen molar-refractivity contribution in [2.75, 3.05) is 0 Å². The van der Waals surface area contributed by atoms with Gasteiger partial charge in [-0.05, 0) is 100.0 Å². The molecule has 1 unspecified atom stereocenters. The van der Waals surface area contributed by atoms with Gasteiger partial charge in [-0.2, -0.15) is 10.4 Å². The van der Waals surface area contributed by atoms with Crippen LogP contribution in [0.3, 0.4) is 0 Å². The third-order valence-electron chi connectivity index (χ3n) is 8.42. The number of benzene rings is 1. The first kappa shape index (κ1) is 37.4. The number of carbonyl (C=O) groups excluding carboxylic acids is 1. The number of amides is 1. The summed E-state index contributed by atoms with van der Waals surface area (Å²) in [6.07, 6.45) is 21.9. The molecule has 0 saturated heterocycles. The zero-order chi connectivity index (χ0) is 32.3. The lowest BCUT2D eigenvalue weighted by atomic mass is 9.74. The van der Waals surface area contributed by atoms with Crippen molar-refractivity contribution in [2.24, 2.45) is 21.4 Å². The molecule has 7 heteroatoms. The molecule has 1 aromatic carbocycles. The SMILES string of the molecule is CC/C=C/C(=C\C=C(/C)CCC)C(C)N=C/C(C)=N\N.CCC1(CC)CC1.N#Cc1ccc(O)cc1C1CC(NC=O)C1. The number of phenols is 1. The van der Waals surface area contributed by atoms with E-state index in [2.05, 4.69) is 87.3 Å². The summed E-state index contributed by atoms with van der Waals surface area (Å²) in [6.45, 7) is 15.0. The number of hydrazone groups is 1. The van der Waals surface area contributed by atoms with E-state index in [1.807, 2.05) is 6.92 Å². The number of hydrogen-bond acceptors (Lipinski definition) is 6. The molecule has 2 aliphatic rings. The molecule has 4 N–H and O–H groups in total. The number of nitrogens with zero attached hydrogens (tertiary/aromatic N) is 3. The van der Waals surface area contributed by atoms with E-state index in [4.69, 9.17) is 11.1 Å². The Hall–Kier alpha value is -3.66. The number of nitriles is 1. The Morgan fingerprint density at radius 1 is 1.19 bits per heavy atom. The molecule has 3 rings (SSSR count). The number of aromatic hydroxyl groups is 1. The van der Waals surface area contributed by atoms with E-state index in [1.165, 1.54) is 49.3 Å². The Labute approximate surface area is 260 Å². The van der Waals surface area contributed by atoms with Crippen LogP contribution >= 0.6 is 0 Å². The minimum Gasteiger partial charge on any atom is -0.508 e. The summed E-state index contributed by atoms with van der Waals surface area (Å²) < 4.78 is 0. The van der Waals surface area contributed by atoms with Crippen molar-refractivity contribution in [3.63, 3.8) is 0 Å². The zero-order valence-electron chi connectivity index (χ0n) is 27.6. The predicted octanol–water partition coefficient (Wildman–Crippen LogP) is 8.26. The highest BCUT2D eigenvalue weighted by molar-refractivity contribution is 6.29. The number of hydrogen-bond donors (Lipinski definition) is 3. The van der Waals surface area contributed by atoms with E-state index in [0.717, 1.165) is 42.4 Å². The fourth-order valence-electron chi connectivity index (χ4n) is 4.87. The van der Waals surface area contributed by atoms with Crippen LogP contribution in [-0.2, 0) is 4.79 Å². The van der Waals surface area contributed by atoms with Crippen LogP contribution < -0.4 is 11.2 Å². The predicted molar refractivity (Wildman–Crippen MR) is 181 cm³/mol. The van der Waals surface area contributed by atoms with Crippen molar-refractivity contribution in [3.8, 4) is 11.8 Å². The minimum absolute atomic E-state index is 0.0974. The maximum atomic E-state index is 10.2. The summed E-state index contributed by atoms with van der Waals surface area (Å²) >= 11 is 0. The summed E-state index contributed by atoms with van der Waals surface area (Å²) in [6, 6.07) is 7.21. The second-order valence-electron chi connectivity index (χ2n) is 11.7. The fraction of sp³-hybridized carbons (Fsp3) is 0.556. The average Bonchev–Trinajstić information content (AvgIpc) is 3.79. The smallest absolute Gasteiger partial charge is 0.207 e. The van der Waals surface area contributed by atoms with E-state index >= 15 is 0 Å². The highest BCUT2D eigenvalue weighted by Crippen LogP contribution is 2.51. The molecule has 0 spiro atoms. The van der Waals surface area contributed by atoms with E-state index in [-0.39, 0.29) is 23.8 Å². The third kappa shape index (κ3) is 13.9. The Bertz CT molecular complexity index is 1170. The number of rotatable bonds is 13. The lowest BCUT2D eigenvalue weighted by Gasteiger charge is -2.35. The van der Waals surface area contributed by atoms with E-state index in [0.29, 0.717) is 12.0 Å². The average molecular weight is 590 g/mol. The number of phenolic OH excluding ortho intramolecular Hbond substituents is 1. The standard InChI is InChI=1S/C17H29N3.C12H12N2O2.C7H14/c1-6-8-10-17(12-11-14(3)9-7-2)16(5)19-13-15(4)20-18;13-6-8-1-2-11(16)5-12(8)9-3-10(4-9)14-7-15;1-3-7(4-2)5-6-7/h8,10-13,16H,6-7,9,18H2,1-5H3;1-2,5,7,9-10,16H,3-4H2,(H,14,15);3-6H2,1-2H3/b10-8+,14-11+,17-12+,19-13?,20-15-;;. The molecule has 0 aliphatic heterocycles. The van der Waals surface area contributed by atoms with Crippen LogP contribution in [-0.4, -0.2) is 35.5 Å². The molecule has 1 atom stereocenters. The van der Waals surface area contributed by atoms with Gasteiger partial charge in [0.25, 0.3) is 0 Å². The number of allylic oxidation sites excluding steroid dienone is 4. The first-order valence-electron chi connectivity index (χ1n) is 15.9. The van der Waals surface area contributed by atoms with Crippen molar-refractivity contribution >= 4 is 18.3 Å². The van der Waals surface area contributed by atoms with E-state index < -0.39 is 0 Å². The van der Waals surface area contributed by atoms with Crippen molar-refractivity contribution < 1.29 is 9.90 Å². The molecule has 1 aromatic rings. The minimum atomic E-state index is 0.0974. The number of carbonyl (C=O) groups is 1. The van der Waals surface area contributed by atoms with Crippen LogP contribution in [0.4, 0.5) is 0 Å². The monoisotopic (exact) mass is 589 g/mol. The lowest BCUT2D eigenvalue weighted by Crippen LogP contribution is -2.39. The van der Waals surface area contributed by atoms with Gasteiger partial charge in [0.1, 0.15) is 5.75 Å². The Morgan fingerprint density at radius 2 is 1.86 bits per heavy atom. The molecule has 0 aromatic heterocycles. The molecule has 43 heavy (non-hydrogen) atoms. The van der Waals surface area contributed by atoms with Crippen LogP contribution in [0.15, 0.2) is 63.7 Å². The van der Waals surface area contributed by atoms with Gasteiger partial charge in [-0.1, -0.05) is 76.8 Å². The van der Waals surface area contributed by atoms with Gasteiger partial charge in [0.15, 0.2) is 0 Å². The van der Waals surface area contributed by atoms with Gasteiger partial charge in [-0.25, -0.2) is 0 Å². The van der Waals surface area contributed by atoms with Crippen molar-refractivity contribution in [3.05, 3.63) is 64.8 Å². The van der Waals surface area contributed by atoms with Gasteiger partial charge in [-0.3, -0.25) is 9.79 Å². The van der Waals surface area contributed by atoms with Gasteiger partial charge >= 0.3 is 0 Å². The maximum Gasteiger partial charge on any atom is 0.207 e. The molecule has 236 valence electrons. The highest BCUT2D eigenvalue weighted by Gasteiger charge is 2.38. The third-order valence-corrected chi connectivity index (χ3v) is 8.42. The summed E-state index contributed by atoms with van der Waals surface area (Å²) in [7, 11) is 0. The van der Waals surface area contributed by atoms with E-state index in [1.54, 1.807) is 18.3 Å². The maximum absolute atomic E-state index is 10.2. The molecule has 1 amide bonds. The molecule has 2 saturated carbocycles. The number of nitrogens with one attached hydrogen (secondary N) is 1. The van der Waals surface area contributed by atoms with Gasteiger partial charge in [0.05, 0.1) is 23.4 Å². The highest BCUT2D eigenvalue weighted by atomic mass is 16.3. The molecular weight excluding hydrogens is 534 g/mol. The van der Waals surface area contributed by atoms with Crippen molar-refractivity contribution in [1.29, 1.82) is 5.26 Å². The molecule has 2 aliphatic carbocycles. The summed E-state index contributed by atoms with van der Waals surface area (Å²) in [5.74, 6) is 5.65. The summed E-state index contributed by atoms with van der Waals surface area (Å²) in [5, 5.41) is 24.6. The van der Waals surface area contributed by atoms with Gasteiger partial charge < -0.3 is 16.3 Å². The molecule has 0 radical (unpaired) electrons. The first-order valence-corrected chi connectivity index (χ1v) is 15.9. The van der Waals surface area contributed by atoms with Crippen molar-refractivity contribution in [2.45, 2.75) is 124 Å². The van der Waals surface area contributed by atoms with Crippen LogP contribution in [0.25, 0.3) is 0 Å². The first-order chi connectivity index (χ1) is 20.6. The van der Waals surface area contributed by atoms with Gasteiger partial charge in [0.2, 0.25) is 6.41 Å². The van der Waals surface area contributed by atoms with Gasteiger partial charge in [-0.15, -0.1) is 0 Å². The normalized spacial score (nSPS) is 20.2. The van der Waals surface area contributed by atoms with Gasteiger partial charge in [0, 0.05) is 12.3 Å². The van der Waals surface area contributed by atoms with E-state index in [9.17, 15) is 9.90 Å². The van der Waals surface area contributed by atoms with Crippen LogP contribution in [0.1, 0.15) is 123 Å². The van der Waals surface area contributed by atoms with Crippen LogP contribution in [0.2, 0.25) is 0 Å². The number of aliphatic imine (C=N–C) groups is 1. The second kappa shape index (κ2) is 20.3. The van der Waals surface area contributed by atoms with Crippen molar-refractivity contribution in [1.82, 2.24) is 5.32 Å². The molecule has 0 bridgehead atoms. The van der Waals surface area contributed by atoms with Crippen LogP contribution in [0, 0.1) is 16.7 Å². The van der Waals surface area contributed by atoms with Crippen LogP contribution in [0.5, 0.6) is 5.75 Å². The zero-order valence-corrected chi connectivity index (χ0v) is 27.6. The Balaban J connectivity index is 0.000000355. The molecular formula is C36H55N5O2.